The van der Waals surface area contributed by atoms with Crippen LogP contribution in [0.2, 0.25) is 18.1 Å². The minimum atomic E-state index is -2.25. The standard InChI is InChI=1S/C24H37NO6S2Si/c1-15-18(29-5)12-19(31-34(6,7)24(2,3)4)16-13-33-14-17(23(28)32)25-20(26)10-8-9-11-30-22(27)21(15)16/h12,17H,8-11,13-14H2,1-7H3,(H,25,26)(H,28,32)/t17-/m1/s1. The van der Waals surface area contributed by atoms with Crippen LogP contribution in [0.1, 0.15) is 61.5 Å². The zero-order chi connectivity index (χ0) is 25.7. The third-order valence-corrected chi connectivity index (χ3v) is 12.1. The van der Waals surface area contributed by atoms with Crippen molar-refractivity contribution in [1.82, 2.24) is 5.32 Å². The van der Waals surface area contributed by atoms with E-state index in [1.54, 1.807) is 7.11 Å². The van der Waals surface area contributed by atoms with Crippen LogP contribution in [0.4, 0.5) is 0 Å². The van der Waals surface area contributed by atoms with Gasteiger partial charge in [0.15, 0.2) is 0 Å². The van der Waals surface area contributed by atoms with Crippen molar-refractivity contribution in [2.45, 2.75) is 76.9 Å². The van der Waals surface area contributed by atoms with Gasteiger partial charge in [-0.05, 0) is 37.9 Å². The number of thioether (sulfide) groups is 1. The van der Waals surface area contributed by atoms with Gasteiger partial charge in [-0.1, -0.05) is 20.8 Å². The third-order valence-electron chi connectivity index (χ3n) is 6.40. The molecule has 34 heavy (non-hydrogen) atoms. The van der Waals surface area contributed by atoms with Crippen molar-refractivity contribution in [3.05, 3.63) is 22.8 Å². The van der Waals surface area contributed by atoms with Gasteiger partial charge in [-0.2, -0.15) is 11.8 Å². The van der Waals surface area contributed by atoms with E-state index in [1.165, 1.54) is 11.8 Å². The molecule has 7 nitrogen and oxygen atoms in total. The second kappa shape index (κ2) is 11.9. The number of amides is 1. The molecule has 1 aliphatic rings. The summed E-state index contributed by atoms with van der Waals surface area (Å²) in [5.74, 6) is 1.24. The zero-order valence-electron chi connectivity index (χ0n) is 21.2. The van der Waals surface area contributed by atoms with Gasteiger partial charge in [-0.3, -0.25) is 9.59 Å². The van der Waals surface area contributed by atoms with Crippen molar-refractivity contribution in [3.8, 4) is 11.5 Å². The third kappa shape index (κ3) is 7.18. The number of carbonyl (C=O) groups is 3. The summed E-state index contributed by atoms with van der Waals surface area (Å²) in [6, 6.07) is 1.14. The van der Waals surface area contributed by atoms with E-state index in [1.807, 2.05) is 13.0 Å². The zero-order valence-corrected chi connectivity index (χ0v) is 23.9. The number of methoxy groups -OCH3 is 1. The molecular weight excluding hydrogens is 490 g/mol. The Balaban J connectivity index is 2.57. The van der Waals surface area contributed by atoms with Gasteiger partial charge < -0.3 is 19.2 Å². The minimum absolute atomic E-state index is 0.0545. The number of benzene rings is 1. The van der Waals surface area contributed by atoms with Crippen molar-refractivity contribution in [1.29, 1.82) is 0 Å². The monoisotopic (exact) mass is 527 g/mol. The van der Waals surface area contributed by atoms with Crippen LogP contribution in [0.25, 0.3) is 0 Å². The van der Waals surface area contributed by atoms with E-state index < -0.39 is 25.4 Å². The molecule has 190 valence electrons. The molecule has 0 radical (unpaired) electrons. The number of hydrogen-bond acceptors (Lipinski definition) is 7. The molecule has 1 amide bonds. The Morgan fingerprint density at radius 2 is 1.91 bits per heavy atom. The van der Waals surface area contributed by atoms with E-state index in [-0.39, 0.29) is 24.0 Å². The van der Waals surface area contributed by atoms with Gasteiger partial charge in [0, 0.05) is 35.1 Å². The lowest BCUT2D eigenvalue weighted by Gasteiger charge is -2.37. The second-order valence-corrected chi connectivity index (χ2v) is 16.2. The normalized spacial score (nSPS) is 18.8. The Labute approximate surface area is 213 Å². The summed E-state index contributed by atoms with van der Waals surface area (Å²) in [6.45, 7) is 12.8. The predicted molar refractivity (Wildman–Crippen MR) is 142 cm³/mol. The molecule has 1 aliphatic heterocycles. The number of ether oxygens (including phenoxy) is 2. The molecule has 0 saturated carbocycles. The summed E-state index contributed by atoms with van der Waals surface area (Å²) in [6.07, 6.45) is 1.34. The van der Waals surface area contributed by atoms with E-state index in [9.17, 15) is 14.4 Å². The van der Waals surface area contributed by atoms with Crippen LogP contribution in [-0.2, 0) is 20.1 Å². The van der Waals surface area contributed by atoms with E-state index in [2.05, 4.69) is 51.8 Å². The molecule has 0 fully saturated rings. The molecule has 1 atom stereocenters. The van der Waals surface area contributed by atoms with Gasteiger partial charge in [0.2, 0.25) is 19.3 Å². The molecule has 0 aliphatic carbocycles. The summed E-state index contributed by atoms with van der Waals surface area (Å²) >= 11 is 5.39. The first-order valence-corrected chi connectivity index (χ1v) is 16.0. The fourth-order valence-corrected chi connectivity index (χ4v) is 5.68. The number of thiol groups is 1. The Morgan fingerprint density at radius 3 is 2.50 bits per heavy atom. The van der Waals surface area contributed by atoms with Crippen molar-refractivity contribution in [2.24, 2.45) is 0 Å². The maximum absolute atomic E-state index is 13.2. The Bertz CT molecular complexity index is 929. The molecule has 1 N–H and O–H groups in total. The average Bonchev–Trinajstić information content (AvgIpc) is 2.72. The average molecular weight is 528 g/mol. The highest BCUT2D eigenvalue weighted by Crippen LogP contribution is 2.42. The maximum Gasteiger partial charge on any atom is 0.338 e. The summed E-state index contributed by atoms with van der Waals surface area (Å²) in [4.78, 5) is 37.5. The fraction of sp³-hybridized carbons (Fsp3) is 0.625. The molecule has 1 aromatic rings. The lowest BCUT2D eigenvalue weighted by molar-refractivity contribution is -0.124. The number of hydrogen-bond donors (Lipinski definition) is 2. The predicted octanol–water partition coefficient (Wildman–Crippen LogP) is 4.90. The summed E-state index contributed by atoms with van der Waals surface area (Å²) in [5.41, 5.74) is 1.84. The van der Waals surface area contributed by atoms with E-state index >= 15 is 0 Å². The second-order valence-electron chi connectivity index (χ2n) is 9.98. The fourth-order valence-electron chi connectivity index (χ4n) is 3.28. The summed E-state index contributed by atoms with van der Waals surface area (Å²) in [5, 5.41) is 2.32. The molecule has 2 rings (SSSR count). The van der Waals surface area contributed by atoms with Crippen molar-refractivity contribution < 1.29 is 28.3 Å². The van der Waals surface area contributed by atoms with E-state index in [0.29, 0.717) is 52.5 Å². The maximum atomic E-state index is 13.2. The molecule has 1 aromatic carbocycles. The van der Waals surface area contributed by atoms with Crippen LogP contribution >= 0.6 is 24.4 Å². The molecule has 1 heterocycles. The van der Waals surface area contributed by atoms with Gasteiger partial charge in [-0.15, -0.1) is 12.6 Å². The van der Waals surface area contributed by atoms with Gasteiger partial charge in [0.1, 0.15) is 17.5 Å². The van der Waals surface area contributed by atoms with Gasteiger partial charge in [-0.25, -0.2) is 4.79 Å². The quantitative estimate of drug-likeness (QED) is 0.327. The molecule has 0 aromatic heterocycles. The SMILES string of the molecule is COc1cc(O[Si](C)(C)C(C)(C)C)c2c(c1C)C(=O)OCCCCC(=O)N[C@@H](C(=O)S)CSC2. The highest BCUT2D eigenvalue weighted by atomic mass is 32.2. The molecular formula is C24H37NO6S2Si. The van der Waals surface area contributed by atoms with Crippen molar-refractivity contribution >= 4 is 49.7 Å². The van der Waals surface area contributed by atoms with E-state index in [4.69, 9.17) is 13.9 Å². The number of rotatable bonds is 4. The van der Waals surface area contributed by atoms with E-state index in [0.717, 1.165) is 0 Å². The Morgan fingerprint density at radius 1 is 1.24 bits per heavy atom. The molecule has 0 saturated heterocycles. The lowest BCUT2D eigenvalue weighted by atomic mass is 10.0. The lowest BCUT2D eigenvalue weighted by Crippen LogP contribution is -2.44. The number of nitrogens with one attached hydrogen (secondary N) is 1. The van der Waals surface area contributed by atoms with Gasteiger partial charge in [0.05, 0.1) is 19.3 Å². The van der Waals surface area contributed by atoms with Crippen LogP contribution in [0, 0.1) is 6.92 Å². The summed E-state index contributed by atoms with van der Waals surface area (Å²) in [7, 11) is -0.676. The number of carbonyl (C=O) groups excluding carboxylic acids is 3. The smallest absolute Gasteiger partial charge is 0.338 e. The van der Waals surface area contributed by atoms with Crippen LogP contribution in [-0.4, -0.2) is 50.8 Å². The molecule has 0 bridgehead atoms. The highest BCUT2D eigenvalue weighted by Gasteiger charge is 2.40. The Kier molecular flexibility index (Phi) is 9.97. The van der Waals surface area contributed by atoms with Crippen LogP contribution in [0.15, 0.2) is 6.07 Å². The Hall–Kier alpha value is -1.65. The first-order chi connectivity index (χ1) is 15.8. The minimum Gasteiger partial charge on any atom is -0.543 e. The molecule has 10 heteroatoms. The van der Waals surface area contributed by atoms with Gasteiger partial charge >= 0.3 is 5.97 Å². The summed E-state index contributed by atoms with van der Waals surface area (Å²) < 4.78 is 17.8. The van der Waals surface area contributed by atoms with Crippen molar-refractivity contribution in [2.75, 3.05) is 19.5 Å². The van der Waals surface area contributed by atoms with Crippen LogP contribution < -0.4 is 14.5 Å². The number of fused-ring (bicyclic) bond motifs is 1. The largest absolute Gasteiger partial charge is 0.543 e. The number of cyclic esters (lactones) is 1. The van der Waals surface area contributed by atoms with Crippen LogP contribution in [0.5, 0.6) is 11.5 Å². The number of esters is 1. The molecule has 0 unspecified atom stereocenters. The van der Waals surface area contributed by atoms with Crippen LogP contribution in [0.3, 0.4) is 0 Å². The van der Waals surface area contributed by atoms with Crippen molar-refractivity contribution in [3.63, 3.8) is 0 Å². The first kappa shape index (κ1) is 28.6. The topological polar surface area (TPSA) is 90.9 Å². The highest BCUT2D eigenvalue weighted by molar-refractivity contribution is 7.99. The first-order valence-electron chi connectivity index (χ1n) is 11.4. The van der Waals surface area contributed by atoms with Gasteiger partial charge in [0.25, 0.3) is 0 Å². The molecule has 0 spiro atoms.